The Kier molecular flexibility index (Phi) is 4.49. The molecule has 0 spiro atoms. The molecule has 0 saturated heterocycles. The van der Waals surface area contributed by atoms with E-state index in [0.717, 1.165) is 0 Å². The quantitative estimate of drug-likeness (QED) is 0.776. The summed E-state index contributed by atoms with van der Waals surface area (Å²) < 4.78 is 9.69. The first-order valence-corrected chi connectivity index (χ1v) is 5.03. The number of methoxy groups -OCH3 is 2. The number of esters is 1. The molecule has 0 amide bonds. The number of nitrogens with two attached hydrogens (primary N) is 1. The number of carbonyl (C=O) groups is 1. The number of nitrogens with zero attached hydrogens (tertiary/aromatic N) is 1. The van der Waals surface area contributed by atoms with Crippen LogP contribution in [-0.2, 0) is 22.5 Å². The minimum atomic E-state index is -0.347. The minimum Gasteiger partial charge on any atom is -0.495 e. The van der Waals surface area contributed by atoms with Gasteiger partial charge in [0.05, 0.1) is 26.2 Å². The monoisotopic (exact) mass is 234 g/mol. The molecule has 0 aliphatic rings. The van der Waals surface area contributed by atoms with Gasteiger partial charge in [0.25, 0.3) is 0 Å². The van der Waals surface area contributed by atoms with Crippen molar-refractivity contribution in [2.75, 3.05) is 14.2 Å². The summed E-state index contributed by atoms with van der Waals surface area (Å²) in [7, 11) is 2.80. The highest BCUT2D eigenvalue weighted by atomic mass is 16.5. The largest absolute Gasteiger partial charge is 0.495 e. The van der Waals surface area contributed by atoms with Gasteiger partial charge < -0.3 is 15.2 Å². The molecule has 0 aliphatic carbocycles. The van der Waals surface area contributed by atoms with Crippen LogP contribution in [0.4, 0.5) is 0 Å². The van der Waals surface area contributed by atoms with Gasteiger partial charge in [0.2, 0.25) is 0 Å². The average Bonchev–Trinajstić information content (AvgIpc) is 2.37. The van der Waals surface area contributed by atoms with Gasteiger partial charge in [0, 0.05) is 6.54 Å². The van der Waals surface area contributed by atoms with Crippen molar-refractivity contribution in [3.8, 4) is 11.8 Å². The van der Waals surface area contributed by atoms with Crippen molar-refractivity contribution in [3.63, 3.8) is 0 Å². The predicted octanol–water partition coefficient (Wildman–Crippen LogP) is 0.741. The first-order chi connectivity index (χ1) is 8.15. The van der Waals surface area contributed by atoms with Crippen molar-refractivity contribution >= 4 is 5.97 Å². The van der Waals surface area contributed by atoms with Gasteiger partial charge in [0.15, 0.2) is 0 Å². The summed E-state index contributed by atoms with van der Waals surface area (Å²) in [6, 6.07) is 5.41. The smallest absolute Gasteiger partial charge is 0.309 e. The Morgan fingerprint density at radius 1 is 1.47 bits per heavy atom. The van der Waals surface area contributed by atoms with Crippen LogP contribution in [0.15, 0.2) is 12.1 Å². The highest BCUT2D eigenvalue weighted by Gasteiger charge is 2.12. The van der Waals surface area contributed by atoms with E-state index in [-0.39, 0.29) is 18.9 Å². The number of benzene rings is 1. The number of ether oxygens (including phenoxy) is 2. The number of hydrogen-bond donors (Lipinski definition) is 1. The van der Waals surface area contributed by atoms with Gasteiger partial charge in [-0.1, -0.05) is 6.07 Å². The van der Waals surface area contributed by atoms with Gasteiger partial charge in [0.1, 0.15) is 11.8 Å². The van der Waals surface area contributed by atoms with Crippen molar-refractivity contribution < 1.29 is 14.3 Å². The molecule has 1 aromatic carbocycles. The molecule has 0 saturated carbocycles. The molecule has 0 heterocycles. The van der Waals surface area contributed by atoms with E-state index in [1.54, 1.807) is 12.1 Å². The zero-order valence-electron chi connectivity index (χ0n) is 9.82. The second-order valence-electron chi connectivity index (χ2n) is 3.40. The van der Waals surface area contributed by atoms with Crippen LogP contribution in [0.5, 0.6) is 5.75 Å². The Bertz CT molecular complexity index is 438. The molecule has 90 valence electrons. The van der Waals surface area contributed by atoms with Crippen LogP contribution in [0.2, 0.25) is 0 Å². The van der Waals surface area contributed by atoms with E-state index in [9.17, 15) is 4.79 Å². The normalized spacial score (nSPS) is 9.53. The van der Waals surface area contributed by atoms with Crippen LogP contribution < -0.4 is 10.5 Å². The van der Waals surface area contributed by atoms with Crippen molar-refractivity contribution in [1.82, 2.24) is 0 Å². The van der Waals surface area contributed by atoms with Gasteiger partial charge in [-0.05, 0) is 17.2 Å². The minimum absolute atomic E-state index is 0.131. The predicted molar refractivity (Wildman–Crippen MR) is 61.3 cm³/mol. The van der Waals surface area contributed by atoms with E-state index in [4.69, 9.17) is 15.7 Å². The topological polar surface area (TPSA) is 85.3 Å². The summed E-state index contributed by atoms with van der Waals surface area (Å²) >= 11 is 0. The van der Waals surface area contributed by atoms with Crippen molar-refractivity contribution in [2.24, 2.45) is 5.73 Å². The standard InChI is InChI=1S/C12H14N2O3/c1-16-11-4-8(5-12(15)17-2)3-9(6-13)10(11)7-14/h3-4H,5-6,13H2,1-2H3. The summed E-state index contributed by atoms with van der Waals surface area (Å²) in [6.45, 7) is 0.217. The number of hydrogen-bond acceptors (Lipinski definition) is 5. The maximum absolute atomic E-state index is 11.2. The second kappa shape index (κ2) is 5.87. The van der Waals surface area contributed by atoms with Gasteiger partial charge in [-0.3, -0.25) is 4.79 Å². The summed E-state index contributed by atoms with van der Waals surface area (Å²) in [5.41, 5.74) is 7.34. The summed E-state index contributed by atoms with van der Waals surface area (Å²) in [5.74, 6) is 0.0779. The van der Waals surface area contributed by atoms with Crippen molar-refractivity contribution in [2.45, 2.75) is 13.0 Å². The maximum Gasteiger partial charge on any atom is 0.309 e. The lowest BCUT2D eigenvalue weighted by atomic mass is 10.0. The van der Waals surface area contributed by atoms with E-state index in [2.05, 4.69) is 4.74 Å². The fourth-order valence-corrected chi connectivity index (χ4v) is 1.53. The number of nitriles is 1. The fraction of sp³-hybridized carbons (Fsp3) is 0.333. The lowest BCUT2D eigenvalue weighted by molar-refractivity contribution is -0.139. The molecular weight excluding hydrogens is 220 g/mol. The molecule has 17 heavy (non-hydrogen) atoms. The zero-order chi connectivity index (χ0) is 12.8. The second-order valence-corrected chi connectivity index (χ2v) is 3.40. The summed E-state index contributed by atoms with van der Waals surface area (Å²) in [5, 5.41) is 9.00. The maximum atomic E-state index is 11.2. The van der Waals surface area contributed by atoms with Gasteiger partial charge in [-0.15, -0.1) is 0 Å². The Balaban J connectivity index is 3.19. The average molecular weight is 234 g/mol. The fourth-order valence-electron chi connectivity index (χ4n) is 1.53. The van der Waals surface area contributed by atoms with E-state index in [1.807, 2.05) is 6.07 Å². The van der Waals surface area contributed by atoms with Crippen LogP contribution >= 0.6 is 0 Å². The van der Waals surface area contributed by atoms with Crippen LogP contribution in [0.1, 0.15) is 16.7 Å². The Hall–Kier alpha value is -2.06. The van der Waals surface area contributed by atoms with Crippen LogP contribution in [0.3, 0.4) is 0 Å². The molecule has 1 rings (SSSR count). The SMILES string of the molecule is COC(=O)Cc1cc(CN)c(C#N)c(OC)c1. The molecule has 0 fully saturated rings. The first kappa shape index (κ1) is 13.0. The number of rotatable bonds is 4. The highest BCUT2D eigenvalue weighted by molar-refractivity contribution is 5.73. The summed E-state index contributed by atoms with van der Waals surface area (Å²) in [6.07, 6.45) is 0.131. The molecule has 0 bridgehead atoms. The zero-order valence-corrected chi connectivity index (χ0v) is 9.82. The van der Waals surface area contributed by atoms with E-state index < -0.39 is 0 Å². The van der Waals surface area contributed by atoms with Gasteiger partial charge in [-0.2, -0.15) is 5.26 Å². The molecule has 5 nitrogen and oxygen atoms in total. The van der Waals surface area contributed by atoms with E-state index >= 15 is 0 Å². The van der Waals surface area contributed by atoms with E-state index in [1.165, 1.54) is 14.2 Å². The highest BCUT2D eigenvalue weighted by Crippen LogP contribution is 2.24. The molecule has 0 atom stereocenters. The molecule has 0 radical (unpaired) electrons. The third-order valence-corrected chi connectivity index (χ3v) is 2.37. The van der Waals surface area contributed by atoms with E-state index in [0.29, 0.717) is 22.4 Å². The molecular formula is C12H14N2O3. The lowest BCUT2D eigenvalue weighted by Crippen LogP contribution is -2.08. The van der Waals surface area contributed by atoms with Gasteiger partial charge in [-0.25, -0.2) is 0 Å². The van der Waals surface area contributed by atoms with Crippen LogP contribution in [0, 0.1) is 11.3 Å². The first-order valence-electron chi connectivity index (χ1n) is 5.03. The lowest BCUT2D eigenvalue weighted by Gasteiger charge is -2.10. The molecule has 0 unspecified atom stereocenters. The molecule has 2 N–H and O–H groups in total. The Morgan fingerprint density at radius 3 is 2.65 bits per heavy atom. The van der Waals surface area contributed by atoms with Gasteiger partial charge >= 0.3 is 5.97 Å². The Morgan fingerprint density at radius 2 is 2.18 bits per heavy atom. The molecule has 0 aromatic heterocycles. The summed E-state index contributed by atoms with van der Waals surface area (Å²) in [4.78, 5) is 11.2. The third-order valence-electron chi connectivity index (χ3n) is 2.37. The third kappa shape index (κ3) is 2.95. The number of carbonyl (C=O) groups excluding carboxylic acids is 1. The Labute approximate surface area is 99.7 Å². The van der Waals surface area contributed by atoms with Crippen LogP contribution in [0.25, 0.3) is 0 Å². The van der Waals surface area contributed by atoms with Crippen LogP contribution in [-0.4, -0.2) is 20.2 Å². The molecule has 1 aromatic rings. The van der Waals surface area contributed by atoms with Crippen molar-refractivity contribution in [3.05, 3.63) is 28.8 Å². The van der Waals surface area contributed by atoms with Crippen molar-refractivity contribution in [1.29, 1.82) is 5.26 Å². The molecule has 5 heteroatoms. The molecule has 0 aliphatic heterocycles.